The predicted octanol–water partition coefficient (Wildman–Crippen LogP) is 2.86. The van der Waals surface area contributed by atoms with E-state index < -0.39 is 11.4 Å². The molecule has 0 saturated carbocycles. The van der Waals surface area contributed by atoms with E-state index in [1.807, 2.05) is 19.1 Å². The number of carbonyl (C=O) groups is 2. The summed E-state index contributed by atoms with van der Waals surface area (Å²) in [5.74, 6) is -0.165. The lowest BCUT2D eigenvalue weighted by molar-refractivity contribution is -0.146. The standard InChI is InChI=1S/C19H25N5O3/c1-4-5-15-14(11-21-24(15)16-10-13(2)6-8-20-16)22-18(27)23-9-7-19(3,12-23)17(25)26/h6,8,10-11H,4-5,7,9,12H2,1-3H3,(H,22,27)(H,25,26). The number of hydrogen-bond donors (Lipinski definition) is 2. The number of aryl methyl sites for hydroxylation is 1. The van der Waals surface area contributed by atoms with Crippen molar-refractivity contribution in [1.82, 2.24) is 19.7 Å². The number of anilines is 1. The Labute approximate surface area is 158 Å². The van der Waals surface area contributed by atoms with Crippen LogP contribution in [0.2, 0.25) is 0 Å². The summed E-state index contributed by atoms with van der Waals surface area (Å²) in [6.07, 6.45) is 5.43. The fourth-order valence-electron chi connectivity index (χ4n) is 3.29. The minimum absolute atomic E-state index is 0.199. The van der Waals surface area contributed by atoms with Gasteiger partial charge in [0.25, 0.3) is 0 Å². The number of carbonyl (C=O) groups excluding carboxylic acids is 1. The Morgan fingerprint density at radius 2 is 2.19 bits per heavy atom. The molecule has 1 atom stereocenters. The minimum Gasteiger partial charge on any atom is -0.481 e. The van der Waals surface area contributed by atoms with Crippen LogP contribution < -0.4 is 5.32 Å². The third-order valence-electron chi connectivity index (χ3n) is 4.99. The zero-order chi connectivity index (χ0) is 19.6. The van der Waals surface area contributed by atoms with Gasteiger partial charge in [0.05, 0.1) is 23.0 Å². The van der Waals surface area contributed by atoms with Crippen molar-refractivity contribution in [3.63, 3.8) is 0 Å². The van der Waals surface area contributed by atoms with Crippen molar-refractivity contribution < 1.29 is 14.7 Å². The first-order chi connectivity index (χ1) is 12.8. The summed E-state index contributed by atoms with van der Waals surface area (Å²) < 4.78 is 1.75. The minimum atomic E-state index is -0.890. The first-order valence-electron chi connectivity index (χ1n) is 9.13. The molecule has 1 aliphatic rings. The third kappa shape index (κ3) is 3.79. The molecule has 3 rings (SSSR count). The Morgan fingerprint density at radius 3 is 2.81 bits per heavy atom. The molecule has 2 aromatic rings. The second-order valence-electron chi connectivity index (χ2n) is 7.33. The van der Waals surface area contributed by atoms with Gasteiger partial charge < -0.3 is 15.3 Å². The molecule has 2 amide bonds. The molecular formula is C19H25N5O3. The van der Waals surface area contributed by atoms with E-state index >= 15 is 0 Å². The molecule has 0 bridgehead atoms. The van der Waals surface area contributed by atoms with E-state index in [-0.39, 0.29) is 12.6 Å². The van der Waals surface area contributed by atoms with Gasteiger partial charge in [0, 0.05) is 19.3 Å². The van der Waals surface area contributed by atoms with Crippen molar-refractivity contribution in [3.8, 4) is 5.82 Å². The average molecular weight is 371 g/mol. The number of likely N-dealkylation sites (tertiary alicyclic amines) is 1. The predicted molar refractivity (Wildman–Crippen MR) is 101 cm³/mol. The number of amides is 2. The van der Waals surface area contributed by atoms with E-state index in [0.717, 1.165) is 24.1 Å². The van der Waals surface area contributed by atoms with Crippen LogP contribution in [0.1, 0.15) is 37.9 Å². The van der Waals surface area contributed by atoms with Crippen molar-refractivity contribution in [1.29, 1.82) is 0 Å². The van der Waals surface area contributed by atoms with Gasteiger partial charge in [-0.05, 0) is 44.4 Å². The fourth-order valence-corrected chi connectivity index (χ4v) is 3.29. The molecule has 8 nitrogen and oxygen atoms in total. The van der Waals surface area contributed by atoms with E-state index in [2.05, 4.69) is 22.3 Å². The monoisotopic (exact) mass is 371 g/mol. The smallest absolute Gasteiger partial charge is 0.321 e. The van der Waals surface area contributed by atoms with Gasteiger partial charge in [-0.15, -0.1) is 0 Å². The SMILES string of the molecule is CCCc1c(NC(=O)N2CCC(C)(C(=O)O)C2)cnn1-c1cc(C)ccn1. The molecule has 2 aromatic heterocycles. The van der Waals surface area contributed by atoms with Gasteiger partial charge in [-0.2, -0.15) is 5.10 Å². The topological polar surface area (TPSA) is 100 Å². The number of rotatable bonds is 5. The molecule has 1 aliphatic heterocycles. The van der Waals surface area contributed by atoms with Gasteiger partial charge in [0.2, 0.25) is 0 Å². The molecule has 0 radical (unpaired) electrons. The number of nitrogens with zero attached hydrogens (tertiary/aromatic N) is 4. The van der Waals surface area contributed by atoms with Crippen LogP contribution >= 0.6 is 0 Å². The maximum atomic E-state index is 12.7. The van der Waals surface area contributed by atoms with Crippen LogP contribution in [0.15, 0.2) is 24.5 Å². The van der Waals surface area contributed by atoms with Crippen molar-refractivity contribution in [2.45, 2.75) is 40.0 Å². The van der Waals surface area contributed by atoms with Crippen LogP contribution in [0, 0.1) is 12.3 Å². The van der Waals surface area contributed by atoms with Crippen molar-refractivity contribution in [3.05, 3.63) is 35.8 Å². The highest BCUT2D eigenvalue weighted by Gasteiger charge is 2.42. The Hall–Kier alpha value is -2.90. The van der Waals surface area contributed by atoms with Gasteiger partial charge in [-0.25, -0.2) is 14.5 Å². The Morgan fingerprint density at radius 1 is 1.41 bits per heavy atom. The summed E-state index contributed by atoms with van der Waals surface area (Å²) in [7, 11) is 0. The van der Waals surface area contributed by atoms with Gasteiger partial charge >= 0.3 is 12.0 Å². The van der Waals surface area contributed by atoms with Gasteiger partial charge in [-0.1, -0.05) is 13.3 Å². The Kier molecular flexibility index (Phi) is 5.16. The fraction of sp³-hybridized carbons (Fsp3) is 0.474. The second kappa shape index (κ2) is 7.38. The van der Waals surface area contributed by atoms with Crippen molar-refractivity contribution >= 4 is 17.7 Å². The summed E-state index contributed by atoms with van der Waals surface area (Å²) in [6.45, 7) is 6.35. The van der Waals surface area contributed by atoms with Crippen LogP contribution in [0.3, 0.4) is 0 Å². The lowest BCUT2D eigenvalue weighted by Gasteiger charge is -2.20. The number of nitrogens with one attached hydrogen (secondary N) is 1. The van der Waals surface area contributed by atoms with Gasteiger partial charge in [-0.3, -0.25) is 4.79 Å². The van der Waals surface area contributed by atoms with E-state index in [1.165, 1.54) is 0 Å². The Balaban J connectivity index is 1.81. The molecule has 0 spiro atoms. The maximum absolute atomic E-state index is 12.7. The average Bonchev–Trinajstić information content (AvgIpc) is 3.21. The largest absolute Gasteiger partial charge is 0.481 e. The second-order valence-corrected chi connectivity index (χ2v) is 7.33. The number of carboxylic acids is 1. The summed E-state index contributed by atoms with van der Waals surface area (Å²) in [5, 5.41) is 16.7. The summed E-state index contributed by atoms with van der Waals surface area (Å²) in [4.78, 5) is 30.0. The van der Waals surface area contributed by atoms with E-state index in [4.69, 9.17) is 0 Å². The number of hydrogen-bond acceptors (Lipinski definition) is 4. The molecule has 1 unspecified atom stereocenters. The quantitative estimate of drug-likeness (QED) is 0.842. The van der Waals surface area contributed by atoms with Crippen LogP contribution in [0.25, 0.3) is 5.82 Å². The highest BCUT2D eigenvalue weighted by Crippen LogP contribution is 2.31. The molecule has 0 aliphatic carbocycles. The van der Waals surface area contributed by atoms with Crippen LogP contribution in [0.4, 0.5) is 10.5 Å². The molecule has 27 heavy (non-hydrogen) atoms. The summed E-state index contributed by atoms with van der Waals surface area (Å²) >= 11 is 0. The Bertz CT molecular complexity index is 863. The molecule has 2 N–H and O–H groups in total. The highest BCUT2D eigenvalue weighted by molar-refractivity contribution is 5.91. The van der Waals surface area contributed by atoms with E-state index in [9.17, 15) is 14.7 Å². The van der Waals surface area contributed by atoms with E-state index in [0.29, 0.717) is 24.5 Å². The van der Waals surface area contributed by atoms with Crippen LogP contribution in [-0.4, -0.2) is 49.9 Å². The first kappa shape index (κ1) is 18.9. The first-order valence-corrected chi connectivity index (χ1v) is 9.13. The van der Waals surface area contributed by atoms with E-state index in [1.54, 1.807) is 28.9 Å². The molecule has 0 aromatic carbocycles. The van der Waals surface area contributed by atoms with Gasteiger partial charge in [0.15, 0.2) is 5.82 Å². The van der Waals surface area contributed by atoms with Crippen molar-refractivity contribution in [2.24, 2.45) is 5.41 Å². The van der Waals surface area contributed by atoms with Crippen LogP contribution in [-0.2, 0) is 11.2 Å². The molecule has 3 heterocycles. The zero-order valence-electron chi connectivity index (χ0n) is 15.9. The maximum Gasteiger partial charge on any atom is 0.321 e. The number of aliphatic carboxylic acids is 1. The summed E-state index contributed by atoms with van der Waals surface area (Å²) in [5.41, 5.74) is 1.70. The number of urea groups is 1. The van der Waals surface area contributed by atoms with Gasteiger partial charge in [0.1, 0.15) is 0 Å². The molecule has 1 fully saturated rings. The summed E-state index contributed by atoms with van der Waals surface area (Å²) in [6, 6.07) is 3.56. The lowest BCUT2D eigenvalue weighted by atomic mass is 9.90. The zero-order valence-corrected chi connectivity index (χ0v) is 15.9. The molecule has 1 saturated heterocycles. The molecular weight excluding hydrogens is 346 g/mol. The lowest BCUT2D eigenvalue weighted by Crippen LogP contribution is -2.37. The third-order valence-corrected chi connectivity index (χ3v) is 4.99. The van der Waals surface area contributed by atoms with Crippen LogP contribution in [0.5, 0.6) is 0 Å². The number of aromatic nitrogens is 3. The number of pyridine rings is 1. The molecule has 144 valence electrons. The highest BCUT2D eigenvalue weighted by atomic mass is 16.4. The van der Waals surface area contributed by atoms with Crippen molar-refractivity contribution in [2.75, 3.05) is 18.4 Å². The molecule has 8 heteroatoms. The normalized spacial score (nSPS) is 19.3. The number of carboxylic acid groups (broad SMARTS) is 1.